The van der Waals surface area contributed by atoms with Crippen molar-refractivity contribution in [2.24, 2.45) is 0 Å². The Morgan fingerprint density at radius 1 is 1.46 bits per heavy atom. The Morgan fingerprint density at radius 3 is 2.62 bits per heavy atom. The molecule has 1 aromatic carbocycles. The van der Waals surface area contributed by atoms with Crippen molar-refractivity contribution >= 4 is 29.5 Å². The molecule has 0 radical (unpaired) electrons. The van der Waals surface area contributed by atoms with Crippen LogP contribution in [0.4, 0.5) is 5.69 Å². The topological polar surface area (TPSA) is 43.1 Å². The van der Waals surface area contributed by atoms with Crippen LogP contribution in [0.2, 0.25) is 0 Å². The van der Waals surface area contributed by atoms with Gasteiger partial charge >= 0.3 is 0 Å². The van der Waals surface area contributed by atoms with Crippen molar-refractivity contribution in [3.63, 3.8) is 0 Å². The van der Waals surface area contributed by atoms with Gasteiger partial charge in [-0.3, -0.25) is 10.1 Å². The minimum absolute atomic E-state index is 0.159. The quantitative estimate of drug-likeness (QED) is 0.349. The molecule has 0 fully saturated rings. The highest BCUT2D eigenvalue weighted by molar-refractivity contribution is 9.08. The van der Waals surface area contributed by atoms with Crippen LogP contribution in [0.3, 0.4) is 0 Å². The van der Waals surface area contributed by atoms with Gasteiger partial charge in [-0.1, -0.05) is 33.9 Å². The van der Waals surface area contributed by atoms with E-state index >= 15 is 0 Å². The lowest BCUT2D eigenvalue weighted by atomic mass is 9.93. The van der Waals surface area contributed by atoms with Crippen molar-refractivity contribution in [1.82, 2.24) is 0 Å². The van der Waals surface area contributed by atoms with Gasteiger partial charge in [0.15, 0.2) is 0 Å². The van der Waals surface area contributed by atoms with E-state index in [1.165, 1.54) is 0 Å². The van der Waals surface area contributed by atoms with Crippen LogP contribution in [0.25, 0.3) is 0 Å². The van der Waals surface area contributed by atoms with Crippen molar-refractivity contribution in [3.05, 3.63) is 39.4 Å². The predicted octanol–water partition coefficient (Wildman–Crippen LogP) is 1.62. The third-order valence-electron chi connectivity index (χ3n) is 1.93. The van der Waals surface area contributed by atoms with Crippen molar-refractivity contribution in [1.29, 1.82) is 0 Å². The van der Waals surface area contributed by atoms with Crippen molar-refractivity contribution < 1.29 is 4.92 Å². The molecule has 13 heavy (non-hydrogen) atoms. The fourth-order valence-corrected chi connectivity index (χ4v) is 1.72. The zero-order chi connectivity index (χ0) is 9.84. The number of hydrogen-bond acceptors (Lipinski definition) is 2. The Bertz CT molecular complexity index is 330. The zero-order valence-electron chi connectivity index (χ0n) is 7.29. The second-order valence-electron chi connectivity index (χ2n) is 2.70. The van der Waals surface area contributed by atoms with E-state index in [0.29, 0.717) is 5.33 Å². The molecular formula is C8H9BBrNO2. The van der Waals surface area contributed by atoms with E-state index in [0.717, 1.165) is 17.4 Å². The first-order valence-electron chi connectivity index (χ1n) is 4.01. The van der Waals surface area contributed by atoms with Crippen LogP contribution in [-0.2, 0) is 11.7 Å². The zero-order valence-corrected chi connectivity index (χ0v) is 8.87. The van der Waals surface area contributed by atoms with Crippen LogP contribution in [0.5, 0.6) is 0 Å². The van der Waals surface area contributed by atoms with Crippen molar-refractivity contribution in [2.45, 2.75) is 11.7 Å². The molecule has 0 unspecified atom stereocenters. The molecule has 0 N–H and O–H groups in total. The fraction of sp³-hybridized carbons (Fsp3) is 0.250. The lowest BCUT2D eigenvalue weighted by molar-refractivity contribution is -0.384. The number of nitrogens with zero attached hydrogens (tertiary/aromatic N) is 1. The van der Waals surface area contributed by atoms with Crippen LogP contribution < -0.4 is 0 Å². The fourth-order valence-electron chi connectivity index (χ4n) is 1.20. The number of alkyl halides is 1. The number of benzene rings is 1. The largest absolute Gasteiger partial charge is 0.269 e. The van der Waals surface area contributed by atoms with Crippen molar-refractivity contribution in [3.8, 4) is 0 Å². The van der Waals surface area contributed by atoms with E-state index in [4.69, 9.17) is 0 Å². The highest BCUT2D eigenvalue weighted by Gasteiger charge is 2.08. The van der Waals surface area contributed by atoms with E-state index in [-0.39, 0.29) is 10.6 Å². The molecule has 1 aromatic rings. The molecule has 0 aliphatic heterocycles. The summed E-state index contributed by atoms with van der Waals surface area (Å²) in [5.74, 6) is 0. The number of nitro benzene ring substituents is 1. The summed E-state index contributed by atoms with van der Waals surface area (Å²) >= 11 is 3.31. The molecule has 0 aromatic heterocycles. The summed E-state index contributed by atoms with van der Waals surface area (Å²) in [6, 6.07) is 4.98. The van der Waals surface area contributed by atoms with E-state index in [1.54, 1.807) is 12.1 Å². The molecule has 0 aliphatic carbocycles. The number of non-ortho nitro benzene ring substituents is 1. The van der Waals surface area contributed by atoms with Gasteiger partial charge in [0.1, 0.15) is 7.85 Å². The average molecular weight is 242 g/mol. The summed E-state index contributed by atoms with van der Waals surface area (Å²) in [6.45, 7) is 0. The molecule has 3 nitrogen and oxygen atoms in total. The smallest absolute Gasteiger partial charge is 0.258 e. The van der Waals surface area contributed by atoms with E-state index < -0.39 is 0 Å². The number of nitro groups is 1. The Hall–Kier alpha value is -0.835. The molecule has 5 heteroatoms. The minimum Gasteiger partial charge on any atom is -0.258 e. The summed E-state index contributed by atoms with van der Waals surface area (Å²) < 4.78 is 0. The monoisotopic (exact) mass is 241 g/mol. The molecule has 68 valence electrons. The highest BCUT2D eigenvalue weighted by atomic mass is 79.9. The maximum atomic E-state index is 10.5. The van der Waals surface area contributed by atoms with E-state index in [9.17, 15) is 10.1 Å². The molecule has 0 aliphatic rings. The molecule has 0 amide bonds. The van der Waals surface area contributed by atoms with Crippen LogP contribution in [0, 0.1) is 10.1 Å². The normalized spacial score (nSPS) is 9.92. The lowest BCUT2D eigenvalue weighted by Gasteiger charge is -2.03. The Balaban J connectivity index is 3.13. The van der Waals surface area contributed by atoms with Crippen LogP contribution >= 0.6 is 15.9 Å². The van der Waals surface area contributed by atoms with Crippen LogP contribution in [0.1, 0.15) is 11.1 Å². The second kappa shape index (κ2) is 4.41. The summed E-state index contributed by atoms with van der Waals surface area (Å²) in [7, 11) is 2.04. The molecule has 0 saturated carbocycles. The molecule has 0 atom stereocenters. The van der Waals surface area contributed by atoms with Gasteiger partial charge in [-0.2, -0.15) is 0 Å². The molecule has 0 heterocycles. The Morgan fingerprint density at radius 2 is 2.15 bits per heavy atom. The summed E-state index contributed by atoms with van der Waals surface area (Å²) in [5, 5.41) is 11.1. The first-order chi connectivity index (χ1) is 6.19. The van der Waals surface area contributed by atoms with Gasteiger partial charge in [0.25, 0.3) is 5.69 Å². The standard InChI is InChI=1S/C8H9BBrNO2/c9-4-6-1-2-8(11(12)13)3-7(6)5-10/h1-3H,4-5,9H2. The van der Waals surface area contributed by atoms with Gasteiger partial charge < -0.3 is 0 Å². The Labute approximate surface area is 85.8 Å². The van der Waals surface area contributed by atoms with Gasteiger partial charge in [-0.15, -0.1) is 0 Å². The first-order valence-corrected chi connectivity index (χ1v) is 5.13. The van der Waals surface area contributed by atoms with Gasteiger partial charge in [0.2, 0.25) is 0 Å². The molecule has 1 rings (SSSR count). The highest BCUT2D eigenvalue weighted by Crippen LogP contribution is 2.19. The summed E-state index contributed by atoms with van der Waals surface area (Å²) in [4.78, 5) is 10.1. The average Bonchev–Trinajstić information content (AvgIpc) is 2.16. The number of halogens is 1. The molecule has 0 spiro atoms. The van der Waals surface area contributed by atoms with Gasteiger partial charge in [0.05, 0.1) is 4.92 Å². The number of rotatable bonds is 3. The summed E-state index contributed by atoms with van der Waals surface area (Å²) in [6.07, 6.45) is 0.902. The van der Waals surface area contributed by atoms with E-state index in [1.807, 2.05) is 13.9 Å². The van der Waals surface area contributed by atoms with Crippen LogP contribution in [-0.4, -0.2) is 12.8 Å². The molecule has 0 bridgehead atoms. The molecular weight excluding hydrogens is 233 g/mol. The molecule has 0 saturated heterocycles. The Kier molecular flexibility index (Phi) is 3.48. The first kappa shape index (κ1) is 10.2. The number of hydrogen-bond donors (Lipinski definition) is 0. The third kappa shape index (κ3) is 2.31. The van der Waals surface area contributed by atoms with Gasteiger partial charge in [-0.05, 0) is 5.56 Å². The van der Waals surface area contributed by atoms with Crippen molar-refractivity contribution in [2.75, 3.05) is 0 Å². The maximum Gasteiger partial charge on any atom is 0.269 e. The van der Waals surface area contributed by atoms with Crippen LogP contribution in [0.15, 0.2) is 18.2 Å². The van der Waals surface area contributed by atoms with Gasteiger partial charge in [0, 0.05) is 17.5 Å². The maximum absolute atomic E-state index is 10.5. The summed E-state index contributed by atoms with van der Waals surface area (Å²) in [5.41, 5.74) is 2.31. The van der Waals surface area contributed by atoms with E-state index in [2.05, 4.69) is 15.9 Å². The predicted molar refractivity (Wildman–Crippen MR) is 58.0 cm³/mol. The SMILES string of the molecule is BCc1ccc([N+](=O)[O-])cc1CBr. The lowest BCUT2D eigenvalue weighted by Crippen LogP contribution is -1.95. The second-order valence-corrected chi connectivity index (χ2v) is 3.26. The van der Waals surface area contributed by atoms with Gasteiger partial charge in [-0.25, -0.2) is 0 Å². The minimum atomic E-state index is -0.369. The third-order valence-corrected chi connectivity index (χ3v) is 2.53.